The summed E-state index contributed by atoms with van der Waals surface area (Å²) in [5.41, 5.74) is 1.37. The molecule has 0 N–H and O–H groups in total. The van der Waals surface area contributed by atoms with E-state index in [-0.39, 0.29) is 8.41 Å². The molecule has 0 saturated heterocycles. The van der Waals surface area contributed by atoms with E-state index < -0.39 is 0 Å². The highest BCUT2D eigenvalue weighted by molar-refractivity contribution is 5.75. The minimum Gasteiger partial charge on any atom is -0.296 e. The molecule has 0 spiro atoms. The third kappa shape index (κ3) is 2.38. The first-order valence-corrected chi connectivity index (χ1v) is 4.05. The van der Waals surface area contributed by atoms with Crippen LogP contribution in [0.15, 0.2) is 30.3 Å². The predicted molar refractivity (Wildman–Crippen MR) is 60.6 cm³/mol. The maximum atomic E-state index is 2.22. The van der Waals surface area contributed by atoms with Crippen LogP contribution in [-0.2, 0) is 0 Å². The summed E-state index contributed by atoms with van der Waals surface area (Å²) < 4.78 is 0.959. The molecular formula is C10H19BN+. The molecule has 0 heterocycles. The first kappa shape index (κ1) is 11.2. The van der Waals surface area contributed by atoms with Crippen LogP contribution in [0.4, 0.5) is 5.69 Å². The van der Waals surface area contributed by atoms with Gasteiger partial charge in [0.25, 0.3) is 0 Å². The van der Waals surface area contributed by atoms with Gasteiger partial charge in [0.15, 0.2) is 0 Å². The van der Waals surface area contributed by atoms with Crippen molar-refractivity contribution in [2.24, 2.45) is 0 Å². The number of benzene rings is 1. The molecule has 0 amide bonds. The summed E-state index contributed by atoms with van der Waals surface area (Å²) in [5, 5.41) is 0. The summed E-state index contributed by atoms with van der Waals surface area (Å²) in [4.78, 5) is 0. The minimum atomic E-state index is 0. The zero-order valence-electron chi connectivity index (χ0n) is 7.54. The number of hydrogen-bond donors (Lipinski definition) is 0. The molecule has 2 heteroatoms. The summed E-state index contributed by atoms with van der Waals surface area (Å²) in [6.07, 6.45) is 0. The molecule has 1 aromatic carbocycles. The molecule has 0 aromatic heterocycles. The lowest BCUT2D eigenvalue weighted by atomic mass is 10.2. The summed E-state index contributed by atoms with van der Waals surface area (Å²) in [5.74, 6) is 0. The smallest absolute Gasteiger partial charge is 0.132 e. The molecule has 0 bridgehead atoms. The Kier molecular flexibility index (Phi) is 4.04. The fraction of sp³-hybridized carbons (Fsp3) is 0.400. The van der Waals surface area contributed by atoms with Crippen LogP contribution in [0.2, 0.25) is 0 Å². The first-order valence-electron chi connectivity index (χ1n) is 4.05. The van der Waals surface area contributed by atoms with Crippen LogP contribution in [-0.4, -0.2) is 29.1 Å². The number of quaternary nitrogens is 1. The Labute approximate surface area is 77.2 Å². The Hall–Kier alpha value is -0.755. The van der Waals surface area contributed by atoms with Gasteiger partial charge in [-0.15, -0.1) is 0 Å². The van der Waals surface area contributed by atoms with Crippen molar-refractivity contribution in [1.29, 1.82) is 0 Å². The van der Waals surface area contributed by atoms with Crippen molar-refractivity contribution in [3.63, 3.8) is 0 Å². The van der Waals surface area contributed by atoms with E-state index in [1.807, 2.05) is 0 Å². The van der Waals surface area contributed by atoms with Crippen molar-refractivity contribution in [1.82, 2.24) is 4.48 Å². The van der Waals surface area contributed by atoms with E-state index in [0.29, 0.717) is 0 Å². The van der Waals surface area contributed by atoms with E-state index >= 15 is 0 Å². The van der Waals surface area contributed by atoms with Crippen LogP contribution < -0.4 is 4.48 Å². The second-order valence-electron chi connectivity index (χ2n) is 3.34. The highest BCUT2D eigenvalue weighted by Crippen LogP contribution is 2.16. The summed E-state index contributed by atoms with van der Waals surface area (Å²) in [7, 11) is 4.44. The highest BCUT2D eigenvalue weighted by Gasteiger charge is 2.13. The zero-order valence-corrected chi connectivity index (χ0v) is 7.54. The van der Waals surface area contributed by atoms with Crippen molar-refractivity contribution >= 4 is 14.1 Å². The van der Waals surface area contributed by atoms with Gasteiger partial charge < -0.3 is 0 Å². The SMILES string of the molecule is B.CC[N+](C)(C)c1ccccc1. The van der Waals surface area contributed by atoms with Crippen molar-refractivity contribution < 1.29 is 0 Å². The van der Waals surface area contributed by atoms with Gasteiger partial charge in [0, 0.05) is 0 Å². The largest absolute Gasteiger partial charge is 0.296 e. The number of nitrogens with zero attached hydrogens (tertiary/aromatic N) is 1. The summed E-state index contributed by atoms with van der Waals surface area (Å²) in [6, 6.07) is 10.6. The molecule has 0 aliphatic heterocycles. The second kappa shape index (κ2) is 4.32. The van der Waals surface area contributed by atoms with Crippen molar-refractivity contribution in [3.8, 4) is 0 Å². The lowest BCUT2D eigenvalue weighted by Gasteiger charge is -2.27. The molecule has 0 fully saturated rings. The zero-order chi connectivity index (χ0) is 8.32. The second-order valence-corrected chi connectivity index (χ2v) is 3.34. The maximum Gasteiger partial charge on any atom is 0.132 e. The topological polar surface area (TPSA) is 0 Å². The van der Waals surface area contributed by atoms with Gasteiger partial charge in [-0.3, -0.25) is 4.48 Å². The lowest BCUT2D eigenvalue weighted by Crippen LogP contribution is -2.39. The van der Waals surface area contributed by atoms with E-state index in [1.165, 1.54) is 5.69 Å². The Morgan fingerprint density at radius 2 is 1.58 bits per heavy atom. The van der Waals surface area contributed by atoms with Gasteiger partial charge in [-0.1, -0.05) is 18.2 Å². The van der Waals surface area contributed by atoms with E-state index in [0.717, 1.165) is 11.0 Å². The standard InChI is InChI=1S/C10H16N.BH3/c1-4-11(2,3)10-8-6-5-7-9-10;/h5-9H,4H2,1-3H3;1H3/q+1;. The van der Waals surface area contributed by atoms with Gasteiger partial charge in [0.1, 0.15) is 5.69 Å². The molecule has 1 nitrogen and oxygen atoms in total. The fourth-order valence-corrected chi connectivity index (χ4v) is 1.01. The van der Waals surface area contributed by atoms with Gasteiger partial charge in [0.2, 0.25) is 0 Å². The van der Waals surface area contributed by atoms with Crippen molar-refractivity contribution in [2.75, 3.05) is 20.6 Å². The van der Waals surface area contributed by atoms with Crippen LogP contribution in [0.25, 0.3) is 0 Å². The van der Waals surface area contributed by atoms with Gasteiger partial charge in [-0.05, 0) is 19.1 Å². The summed E-state index contributed by atoms with van der Waals surface area (Å²) in [6.45, 7) is 3.33. The number of hydrogen-bond acceptors (Lipinski definition) is 0. The monoisotopic (exact) mass is 164 g/mol. The van der Waals surface area contributed by atoms with Crippen LogP contribution in [0, 0.1) is 0 Å². The molecule has 0 radical (unpaired) electrons. The molecule has 0 saturated carbocycles. The van der Waals surface area contributed by atoms with Gasteiger partial charge in [0.05, 0.1) is 29.1 Å². The molecule has 1 rings (SSSR count). The van der Waals surface area contributed by atoms with Crippen LogP contribution in [0.3, 0.4) is 0 Å². The Morgan fingerprint density at radius 3 is 2.00 bits per heavy atom. The third-order valence-electron chi connectivity index (χ3n) is 2.25. The van der Waals surface area contributed by atoms with E-state index in [2.05, 4.69) is 51.4 Å². The van der Waals surface area contributed by atoms with E-state index in [9.17, 15) is 0 Å². The lowest BCUT2D eigenvalue weighted by molar-refractivity contribution is 0.421. The van der Waals surface area contributed by atoms with Crippen LogP contribution >= 0.6 is 0 Å². The van der Waals surface area contributed by atoms with Crippen LogP contribution in [0.5, 0.6) is 0 Å². The van der Waals surface area contributed by atoms with Gasteiger partial charge in [-0.25, -0.2) is 0 Å². The fourth-order valence-electron chi connectivity index (χ4n) is 1.01. The quantitative estimate of drug-likeness (QED) is 0.453. The molecule has 0 unspecified atom stereocenters. The molecule has 0 atom stereocenters. The third-order valence-corrected chi connectivity index (χ3v) is 2.25. The Bertz CT molecular complexity index is 219. The average Bonchev–Trinajstić information content (AvgIpc) is 2.06. The maximum absolute atomic E-state index is 2.22. The molecule has 0 aliphatic carbocycles. The average molecular weight is 164 g/mol. The van der Waals surface area contributed by atoms with E-state index in [4.69, 9.17) is 0 Å². The van der Waals surface area contributed by atoms with Crippen molar-refractivity contribution in [2.45, 2.75) is 6.92 Å². The molecule has 0 aliphatic rings. The van der Waals surface area contributed by atoms with E-state index in [1.54, 1.807) is 0 Å². The van der Waals surface area contributed by atoms with Crippen LogP contribution in [0.1, 0.15) is 6.92 Å². The highest BCUT2D eigenvalue weighted by atomic mass is 15.3. The number of para-hydroxylation sites is 1. The first-order chi connectivity index (χ1) is 5.17. The Balaban J connectivity index is 0.00000121. The number of rotatable bonds is 2. The van der Waals surface area contributed by atoms with Crippen molar-refractivity contribution in [3.05, 3.63) is 30.3 Å². The normalized spacial score (nSPS) is 10.6. The van der Waals surface area contributed by atoms with Gasteiger partial charge in [-0.2, -0.15) is 0 Å². The Morgan fingerprint density at radius 1 is 1.08 bits per heavy atom. The summed E-state index contributed by atoms with van der Waals surface area (Å²) >= 11 is 0. The molecule has 12 heavy (non-hydrogen) atoms. The molecule has 1 aromatic rings. The minimum absolute atomic E-state index is 0. The molecule has 66 valence electrons. The predicted octanol–water partition coefficient (Wildman–Crippen LogP) is 1.09. The van der Waals surface area contributed by atoms with Gasteiger partial charge >= 0.3 is 0 Å². The molecular weight excluding hydrogens is 145 g/mol.